The molecule has 1 N–H and O–H groups in total. The SMILES string of the molecule is O=C1CN(CCSc2ccccc2)CCN1. The molecule has 1 aliphatic heterocycles. The van der Waals surface area contributed by atoms with E-state index in [2.05, 4.69) is 34.5 Å². The maximum absolute atomic E-state index is 11.1. The minimum Gasteiger partial charge on any atom is -0.354 e. The number of carbonyl (C=O) groups is 1. The van der Waals surface area contributed by atoms with E-state index < -0.39 is 0 Å². The molecular formula is C12H16N2OS. The van der Waals surface area contributed by atoms with Gasteiger partial charge in [-0.3, -0.25) is 9.69 Å². The Kier molecular flexibility index (Phi) is 4.25. The first-order valence-corrected chi connectivity index (χ1v) is 6.50. The molecule has 1 fully saturated rings. The molecule has 0 saturated carbocycles. The highest BCUT2D eigenvalue weighted by molar-refractivity contribution is 7.99. The Morgan fingerprint density at radius 2 is 2.12 bits per heavy atom. The Bertz CT molecular complexity index is 342. The van der Waals surface area contributed by atoms with Gasteiger partial charge in [0.1, 0.15) is 0 Å². The summed E-state index contributed by atoms with van der Waals surface area (Å²) in [6, 6.07) is 10.4. The summed E-state index contributed by atoms with van der Waals surface area (Å²) >= 11 is 1.84. The Balaban J connectivity index is 1.70. The molecule has 2 rings (SSSR count). The zero-order chi connectivity index (χ0) is 11.2. The van der Waals surface area contributed by atoms with Crippen molar-refractivity contribution in [1.29, 1.82) is 0 Å². The van der Waals surface area contributed by atoms with Gasteiger partial charge < -0.3 is 5.32 Å². The molecule has 86 valence electrons. The van der Waals surface area contributed by atoms with E-state index >= 15 is 0 Å². The lowest BCUT2D eigenvalue weighted by Gasteiger charge is -2.26. The number of benzene rings is 1. The zero-order valence-electron chi connectivity index (χ0n) is 9.19. The molecule has 1 heterocycles. The van der Waals surface area contributed by atoms with Gasteiger partial charge in [0.2, 0.25) is 5.91 Å². The number of carbonyl (C=O) groups excluding carboxylic acids is 1. The topological polar surface area (TPSA) is 32.3 Å². The van der Waals surface area contributed by atoms with E-state index in [9.17, 15) is 4.79 Å². The number of amides is 1. The van der Waals surface area contributed by atoms with E-state index in [0.717, 1.165) is 25.4 Å². The van der Waals surface area contributed by atoms with E-state index in [0.29, 0.717) is 6.54 Å². The van der Waals surface area contributed by atoms with Gasteiger partial charge in [0.15, 0.2) is 0 Å². The minimum absolute atomic E-state index is 0.149. The molecule has 4 heteroatoms. The third-order valence-corrected chi connectivity index (χ3v) is 3.53. The predicted molar refractivity (Wildman–Crippen MR) is 66.6 cm³/mol. The number of hydrogen-bond donors (Lipinski definition) is 1. The van der Waals surface area contributed by atoms with Crippen molar-refractivity contribution in [2.45, 2.75) is 4.90 Å². The van der Waals surface area contributed by atoms with Gasteiger partial charge in [0.05, 0.1) is 6.54 Å². The number of hydrogen-bond acceptors (Lipinski definition) is 3. The van der Waals surface area contributed by atoms with Crippen molar-refractivity contribution < 1.29 is 4.79 Å². The van der Waals surface area contributed by atoms with Crippen molar-refractivity contribution in [3.63, 3.8) is 0 Å². The second kappa shape index (κ2) is 5.92. The number of nitrogens with one attached hydrogen (secondary N) is 1. The molecular weight excluding hydrogens is 220 g/mol. The smallest absolute Gasteiger partial charge is 0.234 e. The van der Waals surface area contributed by atoms with E-state index in [1.807, 2.05) is 17.8 Å². The molecule has 0 spiro atoms. The fourth-order valence-corrected chi connectivity index (χ4v) is 2.63. The van der Waals surface area contributed by atoms with E-state index in [-0.39, 0.29) is 5.91 Å². The third kappa shape index (κ3) is 3.54. The van der Waals surface area contributed by atoms with E-state index in [1.54, 1.807) is 0 Å². The molecule has 1 amide bonds. The highest BCUT2D eigenvalue weighted by atomic mass is 32.2. The average molecular weight is 236 g/mol. The van der Waals surface area contributed by atoms with Gasteiger partial charge in [-0.15, -0.1) is 11.8 Å². The van der Waals surface area contributed by atoms with Crippen LogP contribution in [0.4, 0.5) is 0 Å². The summed E-state index contributed by atoms with van der Waals surface area (Å²) in [6.45, 7) is 3.29. The second-order valence-corrected chi connectivity index (χ2v) is 4.96. The van der Waals surface area contributed by atoms with Crippen molar-refractivity contribution in [1.82, 2.24) is 10.2 Å². The molecule has 0 atom stereocenters. The molecule has 1 saturated heterocycles. The van der Waals surface area contributed by atoms with Gasteiger partial charge >= 0.3 is 0 Å². The van der Waals surface area contributed by atoms with Gasteiger partial charge in [0, 0.05) is 30.3 Å². The van der Waals surface area contributed by atoms with Crippen molar-refractivity contribution >= 4 is 17.7 Å². The van der Waals surface area contributed by atoms with Crippen LogP contribution in [-0.4, -0.2) is 42.7 Å². The van der Waals surface area contributed by atoms with Crippen LogP contribution in [0.5, 0.6) is 0 Å². The van der Waals surface area contributed by atoms with Crippen LogP contribution in [0, 0.1) is 0 Å². The number of thioether (sulfide) groups is 1. The largest absolute Gasteiger partial charge is 0.354 e. The van der Waals surface area contributed by atoms with Crippen molar-refractivity contribution in [3.8, 4) is 0 Å². The predicted octanol–water partition coefficient (Wildman–Crippen LogP) is 1.21. The van der Waals surface area contributed by atoms with Crippen LogP contribution in [0.25, 0.3) is 0 Å². The normalized spacial score (nSPS) is 17.1. The maximum atomic E-state index is 11.1. The highest BCUT2D eigenvalue weighted by Crippen LogP contribution is 2.16. The standard InChI is InChI=1S/C12H16N2OS/c15-12-10-14(7-6-13-12)8-9-16-11-4-2-1-3-5-11/h1-5H,6-10H2,(H,13,15). The monoisotopic (exact) mass is 236 g/mol. The van der Waals surface area contributed by atoms with Crippen LogP contribution >= 0.6 is 11.8 Å². The van der Waals surface area contributed by atoms with Crippen LogP contribution < -0.4 is 5.32 Å². The van der Waals surface area contributed by atoms with Crippen molar-refractivity contribution in [3.05, 3.63) is 30.3 Å². The summed E-state index contributed by atoms with van der Waals surface area (Å²) in [5.74, 6) is 1.19. The van der Waals surface area contributed by atoms with Gasteiger partial charge in [-0.05, 0) is 12.1 Å². The summed E-state index contributed by atoms with van der Waals surface area (Å²) in [4.78, 5) is 14.6. The molecule has 0 bridgehead atoms. The summed E-state index contributed by atoms with van der Waals surface area (Å²) in [7, 11) is 0. The molecule has 0 aromatic heterocycles. The van der Waals surface area contributed by atoms with Crippen molar-refractivity contribution in [2.24, 2.45) is 0 Å². The first-order chi connectivity index (χ1) is 7.84. The van der Waals surface area contributed by atoms with Gasteiger partial charge in [-0.2, -0.15) is 0 Å². The molecule has 0 aliphatic carbocycles. The molecule has 3 nitrogen and oxygen atoms in total. The third-order valence-electron chi connectivity index (χ3n) is 2.54. The lowest BCUT2D eigenvalue weighted by molar-refractivity contribution is -0.123. The lowest BCUT2D eigenvalue weighted by Crippen LogP contribution is -2.48. The Morgan fingerprint density at radius 1 is 1.31 bits per heavy atom. The fraction of sp³-hybridized carbons (Fsp3) is 0.417. The molecule has 0 radical (unpaired) electrons. The van der Waals surface area contributed by atoms with E-state index in [4.69, 9.17) is 0 Å². The number of rotatable bonds is 4. The first kappa shape index (κ1) is 11.5. The second-order valence-electron chi connectivity index (χ2n) is 3.79. The van der Waals surface area contributed by atoms with Gasteiger partial charge in [-0.25, -0.2) is 0 Å². The van der Waals surface area contributed by atoms with Crippen LogP contribution in [0.15, 0.2) is 35.2 Å². The molecule has 1 aromatic carbocycles. The Hall–Kier alpha value is -1.00. The quantitative estimate of drug-likeness (QED) is 0.798. The van der Waals surface area contributed by atoms with Crippen molar-refractivity contribution in [2.75, 3.05) is 31.9 Å². The Morgan fingerprint density at radius 3 is 2.88 bits per heavy atom. The summed E-state index contributed by atoms with van der Waals surface area (Å²) in [5.41, 5.74) is 0. The first-order valence-electron chi connectivity index (χ1n) is 5.51. The van der Waals surface area contributed by atoms with Gasteiger partial charge in [-0.1, -0.05) is 18.2 Å². The molecule has 1 aliphatic rings. The van der Waals surface area contributed by atoms with Crippen LogP contribution in [0.3, 0.4) is 0 Å². The van der Waals surface area contributed by atoms with Crippen LogP contribution in [0.2, 0.25) is 0 Å². The Labute approximate surface area is 100 Å². The molecule has 16 heavy (non-hydrogen) atoms. The van der Waals surface area contributed by atoms with E-state index in [1.165, 1.54) is 4.90 Å². The summed E-state index contributed by atoms with van der Waals surface area (Å²) in [5, 5.41) is 2.83. The minimum atomic E-state index is 0.149. The molecule has 0 unspecified atom stereocenters. The maximum Gasteiger partial charge on any atom is 0.234 e. The zero-order valence-corrected chi connectivity index (χ0v) is 10.0. The summed E-state index contributed by atoms with van der Waals surface area (Å²) < 4.78 is 0. The molecule has 1 aromatic rings. The lowest BCUT2D eigenvalue weighted by atomic mass is 10.3. The van der Waals surface area contributed by atoms with Crippen LogP contribution in [-0.2, 0) is 4.79 Å². The van der Waals surface area contributed by atoms with Gasteiger partial charge in [0.25, 0.3) is 0 Å². The fourth-order valence-electron chi connectivity index (χ4n) is 1.69. The highest BCUT2D eigenvalue weighted by Gasteiger charge is 2.14. The van der Waals surface area contributed by atoms with Crippen LogP contribution in [0.1, 0.15) is 0 Å². The summed E-state index contributed by atoms with van der Waals surface area (Å²) in [6.07, 6.45) is 0. The number of piperazine rings is 1. The number of nitrogens with zero attached hydrogens (tertiary/aromatic N) is 1. The average Bonchev–Trinajstić information content (AvgIpc) is 2.30.